The van der Waals surface area contributed by atoms with Gasteiger partial charge in [-0.3, -0.25) is 0 Å². The van der Waals surface area contributed by atoms with Crippen molar-refractivity contribution in [2.24, 2.45) is 0 Å². The van der Waals surface area contributed by atoms with E-state index in [2.05, 4.69) is 157 Å². The molecule has 6 aromatic rings. The highest BCUT2D eigenvalue weighted by Gasteiger charge is 2.42. The second kappa shape index (κ2) is 8.95. The number of fused-ring (bicyclic) bond motifs is 11. The van der Waals surface area contributed by atoms with Crippen molar-refractivity contribution in [1.29, 1.82) is 0 Å². The van der Waals surface area contributed by atoms with Crippen LogP contribution >= 0.6 is 0 Å². The van der Waals surface area contributed by atoms with Gasteiger partial charge in [0.05, 0.1) is 0 Å². The van der Waals surface area contributed by atoms with Crippen LogP contribution in [0, 0.1) is 0 Å². The average molecular weight is 579 g/mol. The Morgan fingerprint density at radius 1 is 0.622 bits per heavy atom. The minimum Gasteiger partial charge on any atom is -0.0791 e. The maximum atomic E-state index is 2.57. The fraction of sp³-hybridized carbons (Fsp3) is 0.200. The van der Waals surface area contributed by atoms with Crippen LogP contribution in [-0.4, -0.2) is 0 Å². The summed E-state index contributed by atoms with van der Waals surface area (Å²) in [6.07, 6.45) is 7.24. The third kappa shape index (κ3) is 3.43. The number of hydrogen-bond acceptors (Lipinski definition) is 0. The quantitative estimate of drug-likeness (QED) is 0.182. The van der Waals surface area contributed by atoms with E-state index in [1.807, 2.05) is 0 Å². The SMILES string of the molecule is CC=c1c2c(cc3ccc4c(c13)C(C)C=C(c1ccccc1)C=4)C(C)(C)c1cc3c(cc1-2)C(C)(C)c1ccc2ccccc2c1-3. The monoisotopic (exact) mass is 578 g/mol. The van der Waals surface area contributed by atoms with E-state index in [-0.39, 0.29) is 10.8 Å². The lowest BCUT2D eigenvalue weighted by Gasteiger charge is -2.24. The number of benzene rings is 6. The summed E-state index contributed by atoms with van der Waals surface area (Å²) in [5.74, 6) is 0.316. The van der Waals surface area contributed by atoms with Crippen molar-refractivity contribution < 1.29 is 0 Å². The molecule has 0 bridgehead atoms. The van der Waals surface area contributed by atoms with E-state index in [0.29, 0.717) is 5.92 Å². The molecular formula is C45H38. The summed E-state index contributed by atoms with van der Waals surface area (Å²) in [6, 6.07) is 36.8. The fourth-order valence-electron chi connectivity index (χ4n) is 9.06. The molecule has 0 spiro atoms. The summed E-state index contributed by atoms with van der Waals surface area (Å²) in [5.41, 5.74) is 15.4. The molecule has 0 heteroatoms. The minimum atomic E-state index is -0.100. The van der Waals surface area contributed by atoms with Crippen molar-refractivity contribution in [3.63, 3.8) is 0 Å². The largest absolute Gasteiger partial charge is 0.0791 e. The van der Waals surface area contributed by atoms with Crippen LogP contribution in [0.3, 0.4) is 0 Å². The van der Waals surface area contributed by atoms with Crippen molar-refractivity contribution in [3.8, 4) is 22.3 Å². The zero-order valence-corrected chi connectivity index (χ0v) is 27.0. The van der Waals surface area contributed by atoms with Gasteiger partial charge in [-0.1, -0.05) is 126 Å². The van der Waals surface area contributed by atoms with E-state index < -0.39 is 0 Å². The molecule has 0 saturated carbocycles. The molecule has 0 aromatic heterocycles. The van der Waals surface area contributed by atoms with Gasteiger partial charge in [0.25, 0.3) is 0 Å². The maximum absolute atomic E-state index is 2.57. The van der Waals surface area contributed by atoms with Gasteiger partial charge in [0.15, 0.2) is 0 Å². The van der Waals surface area contributed by atoms with Crippen molar-refractivity contribution in [3.05, 3.63) is 147 Å². The highest BCUT2D eigenvalue weighted by Crippen LogP contribution is 2.57. The molecular weight excluding hydrogens is 540 g/mol. The minimum absolute atomic E-state index is 0.0646. The first-order valence-electron chi connectivity index (χ1n) is 16.5. The molecule has 0 radical (unpaired) electrons. The van der Waals surface area contributed by atoms with E-state index in [1.54, 1.807) is 0 Å². The normalized spacial score (nSPS) is 18.6. The van der Waals surface area contributed by atoms with Crippen LogP contribution in [0.25, 0.3) is 61.5 Å². The summed E-state index contributed by atoms with van der Waals surface area (Å²) in [7, 11) is 0. The van der Waals surface area contributed by atoms with Crippen LogP contribution in [0.1, 0.15) is 80.8 Å². The van der Waals surface area contributed by atoms with E-state index in [1.165, 1.54) is 93.2 Å². The van der Waals surface area contributed by atoms with Crippen LogP contribution in [0.5, 0.6) is 0 Å². The number of hydrogen-bond donors (Lipinski definition) is 0. The third-order valence-corrected chi connectivity index (χ3v) is 11.3. The van der Waals surface area contributed by atoms with Crippen LogP contribution in [0.15, 0.2) is 103 Å². The lowest BCUT2D eigenvalue weighted by molar-refractivity contribution is 0.652. The lowest BCUT2D eigenvalue weighted by Crippen LogP contribution is -2.22. The molecule has 0 saturated heterocycles. The predicted molar refractivity (Wildman–Crippen MR) is 193 cm³/mol. The summed E-state index contributed by atoms with van der Waals surface area (Å²) in [6.45, 7) is 14.3. The van der Waals surface area contributed by atoms with E-state index in [4.69, 9.17) is 0 Å². The molecule has 6 aromatic carbocycles. The molecule has 3 aliphatic carbocycles. The first-order valence-corrected chi connectivity index (χ1v) is 16.5. The van der Waals surface area contributed by atoms with Gasteiger partial charge in [0, 0.05) is 16.7 Å². The van der Waals surface area contributed by atoms with Crippen molar-refractivity contribution in [2.45, 2.75) is 58.3 Å². The van der Waals surface area contributed by atoms with E-state index in [0.717, 1.165) is 0 Å². The zero-order valence-electron chi connectivity index (χ0n) is 27.0. The van der Waals surface area contributed by atoms with Crippen molar-refractivity contribution >= 4 is 39.3 Å². The Hall–Kier alpha value is -4.68. The van der Waals surface area contributed by atoms with Crippen LogP contribution in [0.2, 0.25) is 0 Å². The smallest absolute Gasteiger partial charge is 0.0159 e. The Morgan fingerprint density at radius 2 is 1.29 bits per heavy atom. The van der Waals surface area contributed by atoms with Gasteiger partial charge < -0.3 is 0 Å². The average Bonchev–Trinajstić information content (AvgIpc) is 3.42. The molecule has 1 unspecified atom stereocenters. The Kier molecular flexibility index (Phi) is 5.31. The van der Waals surface area contributed by atoms with Gasteiger partial charge in [0.2, 0.25) is 0 Å². The van der Waals surface area contributed by atoms with E-state index in [9.17, 15) is 0 Å². The Morgan fingerprint density at radius 3 is 2.04 bits per heavy atom. The van der Waals surface area contributed by atoms with Crippen LogP contribution in [-0.2, 0) is 10.8 Å². The van der Waals surface area contributed by atoms with Gasteiger partial charge in [-0.25, -0.2) is 0 Å². The molecule has 3 aliphatic rings. The topological polar surface area (TPSA) is 0 Å². The van der Waals surface area contributed by atoms with Crippen molar-refractivity contribution in [1.82, 2.24) is 0 Å². The highest BCUT2D eigenvalue weighted by molar-refractivity contribution is 6.05. The van der Waals surface area contributed by atoms with Gasteiger partial charge in [-0.2, -0.15) is 0 Å². The lowest BCUT2D eigenvalue weighted by atomic mass is 9.79. The van der Waals surface area contributed by atoms with Crippen molar-refractivity contribution in [2.75, 3.05) is 0 Å². The fourth-order valence-corrected chi connectivity index (χ4v) is 9.06. The predicted octanol–water partition coefficient (Wildman–Crippen LogP) is 10.4. The molecule has 218 valence electrons. The number of rotatable bonds is 1. The summed E-state index contributed by atoms with van der Waals surface area (Å²) in [5, 5.41) is 8.18. The van der Waals surface area contributed by atoms with Gasteiger partial charge in [-0.05, 0) is 124 Å². The molecule has 1 atom stereocenters. The molecule has 0 amide bonds. The second-order valence-electron chi connectivity index (χ2n) is 14.5. The Bertz CT molecular complexity index is 2430. The third-order valence-electron chi connectivity index (χ3n) is 11.3. The highest BCUT2D eigenvalue weighted by atomic mass is 14.5. The van der Waals surface area contributed by atoms with E-state index >= 15 is 0 Å². The summed E-state index contributed by atoms with van der Waals surface area (Å²) < 4.78 is 0. The summed E-state index contributed by atoms with van der Waals surface area (Å²) in [4.78, 5) is 0. The van der Waals surface area contributed by atoms with Crippen LogP contribution in [0.4, 0.5) is 0 Å². The molecule has 9 rings (SSSR count). The number of allylic oxidation sites excluding steroid dienone is 2. The molecule has 45 heavy (non-hydrogen) atoms. The first-order chi connectivity index (χ1) is 21.7. The Labute approximate surface area is 266 Å². The molecule has 0 aliphatic heterocycles. The first kappa shape index (κ1) is 26.7. The molecule has 0 heterocycles. The summed E-state index contributed by atoms with van der Waals surface area (Å²) >= 11 is 0. The van der Waals surface area contributed by atoms with Gasteiger partial charge in [-0.15, -0.1) is 0 Å². The zero-order chi connectivity index (χ0) is 30.8. The molecule has 0 nitrogen and oxygen atoms in total. The maximum Gasteiger partial charge on any atom is 0.0159 e. The van der Waals surface area contributed by atoms with Gasteiger partial charge in [0.1, 0.15) is 0 Å². The standard InChI is InChI=1S/C45H38/c1-7-32-41-30(18-17-29-22-31(21-26(2)40(29)41)27-13-9-8-10-14-27)23-39-42(32)34-24-37-35(25-38(34)45(39,5)6)43-33-16-12-11-15-28(33)19-20-36(43)44(37,3)4/h7-26H,1-6H3. The second-order valence-corrected chi connectivity index (χ2v) is 14.5. The van der Waals surface area contributed by atoms with Gasteiger partial charge >= 0.3 is 0 Å². The molecule has 0 fully saturated rings. The van der Waals surface area contributed by atoms with Crippen LogP contribution < -0.4 is 10.4 Å². The Balaban J connectivity index is 1.34. The molecule has 0 N–H and O–H groups in total.